The van der Waals surface area contributed by atoms with Crippen molar-refractivity contribution in [1.29, 1.82) is 0 Å². The summed E-state index contributed by atoms with van der Waals surface area (Å²) < 4.78 is 24.1. The number of sulfone groups is 1. The van der Waals surface area contributed by atoms with Crippen LogP contribution >= 0.6 is 15.9 Å². The molecule has 15 heavy (non-hydrogen) atoms. The molecule has 0 saturated carbocycles. The van der Waals surface area contributed by atoms with Crippen molar-refractivity contribution in [2.45, 2.75) is 13.5 Å². The standard InChI is InChI=1S/C9H12BrNO3S/c1-7-5-8(10)6-11(9(7)12)3-4-15(2,13)14/h5-6H,3-4H2,1-2H3. The third-order valence-corrected chi connectivity index (χ3v) is 3.29. The lowest BCUT2D eigenvalue weighted by molar-refractivity contribution is 0.592. The summed E-state index contributed by atoms with van der Waals surface area (Å²) in [6, 6.07) is 1.71. The maximum Gasteiger partial charge on any atom is 0.253 e. The van der Waals surface area contributed by atoms with Gasteiger partial charge in [-0.3, -0.25) is 4.79 Å². The molecule has 0 aliphatic heterocycles. The van der Waals surface area contributed by atoms with E-state index in [2.05, 4.69) is 15.9 Å². The maximum atomic E-state index is 11.6. The molecule has 1 rings (SSSR count). The summed E-state index contributed by atoms with van der Waals surface area (Å²) in [6.45, 7) is 1.89. The first kappa shape index (κ1) is 12.4. The van der Waals surface area contributed by atoms with Crippen LogP contribution in [-0.2, 0) is 16.4 Å². The van der Waals surface area contributed by atoms with Crippen molar-refractivity contribution in [2.75, 3.05) is 12.0 Å². The topological polar surface area (TPSA) is 56.1 Å². The molecule has 0 atom stereocenters. The van der Waals surface area contributed by atoms with Crippen LogP contribution in [0.4, 0.5) is 0 Å². The molecule has 0 spiro atoms. The lowest BCUT2D eigenvalue weighted by Gasteiger charge is -2.06. The third-order valence-electron chi connectivity index (χ3n) is 1.93. The van der Waals surface area contributed by atoms with Gasteiger partial charge in [-0.25, -0.2) is 8.42 Å². The Labute approximate surface area is 97.0 Å². The van der Waals surface area contributed by atoms with Crippen molar-refractivity contribution in [2.24, 2.45) is 0 Å². The zero-order chi connectivity index (χ0) is 11.6. The zero-order valence-corrected chi connectivity index (χ0v) is 10.9. The van der Waals surface area contributed by atoms with E-state index in [1.165, 1.54) is 4.57 Å². The minimum atomic E-state index is -3.04. The third kappa shape index (κ3) is 3.79. The summed E-state index contributed by atoms with van der Waals surface area (Å²) in [4.78, 5) is 11.6. The van der Waals surface area contributed by atoms with E-state index < -0.39 is 9.84 Å². The van der Waals surface area contributed by atoms with Gasteiger partial charge in [0.2, 0.25) is 0 Å². The summed E-state index contributed by atoms with van der Waals surface area (Å²) >= 11 is 3.26. The molecule has 0 saturated heterocycles. The number of aromatic nitrogens is 1. The van der Waals surface area contributed by atoms with Gasteiger partial charge in [-0.15, -0.1) is 0 Å². The Morgan fingerprint density at radius 1 is 1.47 bits per heavy atom. The van der Waals surface area contributed by atoms with Gasteiger partial charge in [-0.2, -0.15) is 0 Å². The zero-order valence-electron chi connectivity index (χ0n) is 8.53. The predicted molar refractivity (Wildman–Crippen MR) is 62.8 cm³/mol. The van der Waals surface area contributed by atoms with E-state index >= 15 is 0 Å². The van der Waals surface area contributed by atoms with E-state index in [9.17, 15) is 13.2 Å². The van der Waals surface area contributed by atoms with Gasteiger partial charge in [-0.1, -0.05) is 0 Å². The highest BCUT2D eigenvalue weighted by molar-refractivity contribution is 9.10. The van der Waals surface area contributed by atoms with Gasteiger partial charge in [-0.05, 0) is 28.9 Å². The fraction of sp³-hybridized carbons (Fsp3) is 0.444. The molecule has 84 valence electrons. The molecular formula is C9H12BrNO3S. The lowest BCUT2D eigenvalue weighted by atomic mass is 10.3. The molecule has 0 aromatic carbocycles. The molecule has 6 heteroatoms. The molecule has 0 radical (unpaired) electrons. The van der Waals surface area contributed by atoms with Crippen LogP contribution in [0.15, 0.2) is 21.5 Å². The average Bonchev–Trinajstić information content (AvgIpc) is 2.07. The Morgan fingerprint density at radius 3 is 2.60 bits per heavy atom. The smallest absolute Gasteiger partial charge is 0.253 e. The number of hydrogen-bond acceptors (Lipinski definition) is 3. The van der Waals surface area contributed by atoms with Gasteiger partial charge in [0.1, 0.15) is 9.84 Å². The summed E-state index contributed by atoms with van der Waals surface area (Å²) in [7, 11) is -3.04. The summed E-state index contributed by atoms with van der Waals surface area (Å²) in [5.74, 6) is -0.0250. The molecule has 0 unspecified atom stereocenters. The second-order valence-electron chi connectivity index (χ2n) is 3.47. The van der Waals surface area contributed by atoms with E-state index in [4.69, 9.17) is 0 Å². The number of pyridine rings is 1. The van der Waals surface area contributed by atoms with Crippen LogP contribution in [0.25, 0.3) is 0 Å². The Bertz CT molecular complexity index is 519. The van der Waals surface area contributed by atoms with Gasteiger partial charge >= 0.3 is 0 Å². The van der Waals surface area contributed by atoms with E-state index in [1.54, 1.807) is 19.2 Å². The van der Waals surface area contributed by atoms with Crippen molar-refractivity contribution in [3.63, 3.8) is 0 Å². The lowest BCUT2D eigenvalue weighted by Crippen LogP contribution is -2.25. The van der Waals surface area contributed by atoms with E-state index in [0.717, 1.165) is 10.7 Å². The highest BCUT2D eigenvalue weighted by Crippen LogP contribution is 2.07. The molecule has 0 N–H and O–H groups in total. The van der Waals surface area contributed by atoms with Gasteiger partial charge in [0, 0.05) is 29.0 Å². The van der Waals surface area contributed by atoms with Crippen molar-refractivity contribution < 1.29 is 8.42 Å². The second-order valence-corrected chi connectivity index (χ2v) is 6.65. The predicted octanol–water partition coefficient (Wildman–Crippen LogP) is 0.964. The van der Waals surface area contributed by atoms with Crippen molar-refractivity contribution in [3.05, 3.63) is 32.7 Å². The maximum absolute atomic E-state index is 11.6. The first-order valence-electron chi connectivity index (χ1n) is 4.34. The molecule has 0 amide bonds. The number of hydrogen-bond donors (Lipinski definition) is 0. The van der Waals surface area contributed by atoms with Crippen LogP contribution in [0, 0.1) is 6.92 Å². The SMILES string of the molecule is Cc1cc(Br)cn(CCS(C)(=O)=O)c1=O. The largest absolute Gasteiger partial charge is 0.313 e. The minimum Gasteiger partial charge on any atom is -0.313 e. The van der Waals surface area contributed by atoms with Gasteiger partial charge < -0.3 is 4.57 Å². The Balaban J connectivity index is 3.01. The molecule has 1 aromatic heterocycles. The molecule has 4 nitrogen and oxygen atoms in total. The van der Waals surface area contributed by atoms with Crippen LogP contribution in [0.5, 0.6) is 0 Å². The van der Waals surface area contributed by atoms with Crippen LogP contribution in [0.3, 0.4) is 0 Å². The summed E-state index contributed by atoms with van der Waals surface area (Å²) in [6.07, 6.45) is 2.75. The number of nitrogens with zero attached hydrogens (tertiary/aromatic N) is 1. The molecule has 1 aromatic rings. The minimum absolute atomic E-state index is 0.0250. The first-order chi connectivity index (χ1) is 6.79. The van der Waals surface area contributed by atoms with E-state index in [1.807, 2.05) is 0 Å². The van der Waals surface area contributed by atoms with Gasteiger partial charge in [0.25, 0.3) is 5.56 Å². The van der Waals surface area contributed by atoms with E-state index in [-0.39, 0.29) is 17.9 Å². The van der Waals surface area contributed by atoms with Gasteiger partial charge in [0.15, 0.2) is 0 Å². The van der Waals surface area contributed by atoms with Crippen LogP contribution in [0.2, 0.25) is 0 Å². The molecule has 0 fully saturated rings. The Kier molecular flexibility index (Phi) is 3.72. The first-order valence-corrected chi connectivity index (χ1v) is 7.19. The molecular weight excluding hydrogens is 282 g/mol. The Morgan fingerprint density at radius 2 is 2.07 bits per heavy atom. The fourth-order valence-corrected chi connectivity index (χ4v) is 2.29. The van der Waals surface area contributed by atoms with Gasteiger partial charge in [0.05, 0.1) is 5.75 Å². The number of halogens is 1. The molecule has 0 aliphatic rings. The highest BCUT2D eigenvalue weighted by Gasteiger charge is 2.06. The van der Waals surface area contributed by atoms with Crippen molar-refractivity contribution >= 4 is 25.8 Å². The van der Waals surface area contributed by atoms with Crippen molar-refractivity contribution in [3.8, 4) is 0 Å². The second kappa shape index (κ2) is 4.49. The molecule has 1 heterocycles. The molecule has 0 aliphatic carbocycles. The monoisotopic (exact) mass is 293 g/mol. The summed E-state index contributed by atoms with van der Waals surface area (Å²) in [5, 5.41) is 0. The van der Waals surface area contributed by atoms with Crippen molar-refractivity contribution in [1.82, 2.24) is 4.57 Å². The fourth-order valence-electron chi connectivity index (χ4n) is 1.17. The average molecular weight is 294 g/mol. The Hall–Kier alpha value is -0.620. The normalized spacial score (nSPS) is 11.7. The number of aryl methyl sites for hydroxylation is 2. The molecule has 0 bridgehead atoms. The van der Waals surface area contributed by atoms with Crippen LogP contribution < -0.4 is 5.56 Å². The van der Waals surface area contributed by atoms with Crippen LogP contribution in [0.1, 0.15) is 5.56 Å². The van der Waals surface area contributed by atoms with Crippen LogP contribution in [-0.4, -0.2) is 25.0 Å². The highest BCUT2D eigenvalue weighted by atomic mass is 79.9. The number of rotatable bonds is 3. The quantitative estimate of drug-likeness (QED) is 0.834. The van der Waals surface area contributed by atoms with E-state index in [0.29, 0.717) is 5.56 Å². The summed E-state index contributed by atoms with van der Waals surface area (Å²) in [5.41, 5.74) is 0.444.